The Balaban J connectivity index is 1.35. The Morgan fingerprint density at radius 3 is 2.34 bits per heavy atom. The van der Waals surface area contributed by atoms with Crippen LogP contribution in [-0.4, -0.2) is 53.4 Å². The van der Waals surface area contributed by atoms with Crippen LogP contribution < -0.4 is 15.5 Å². The lowest BCUT2D eigenvalue weighted by Gasteiger charge is -2.43. The zero-order chi connectivity index (χ0) is 25.2. The largest absolute Gasteiger partial charge is 0.452 e. The molecule has 2 aromatic carbocycles. The lowest BCUT2D eigenvalue weighted by molar-refractivity contribution is -0.159. The molecule has 2 N–H and O–H groups in total. The van der Waals surface area contributed by atoms with Crippen LogP contribution in [0.3, 0.4) is 0 Å². The second-order valence-corrected chi connectivity index (χ2v) is 9.34. The van der Waals surface area contributed by atoms with Crippen molar-refractivity contribution >= 4 is 40.9 Å². The number of nitrogens with zero attached hydrogens (tertiary/aromatic N) is 2. The summed E-state index contributed by atoms with van der Waals surface area (Å²) in [5.74, 6) is -1.66. The maximum absolute atomic E-state index is 13.4. The molecule has 9 nitrogen and oxygen atoms in total. The number of hydrogen-bond donors (Lipinski definition) is 2. The molecule has 0 unspecified atom stereocenters. The third kappa shape index (κ3) is 4.99. The summed E-state index contributed by atoms with van der Waals surface area (Å²) in [5.41, 5.74) is 0.652. The fraction of sp³-hybridized carbons (Fsp3) is 0.385. The molecule has 0 spiro atoms. The van der Waals surface area contributed by atoms with Crippen molar-refractivity contribution in [2.45, 2.75) is 45.3 Å². The van der Waals surface area contributed by atoms with E-state index in [0.717, 1.165) is 0 Å². The van der Waals surface area contributed by atoms with Crippen molar-refractivity contribution in [2.75, 3.05) is 28.6 Å². The molecule has 1 atom stereocenters. The number of benzene rings is 2. The molecule has 2 aromatic rings. The number of amides is 4. The van der Waals surface area contributed by atoms with Crippen LogP contribution in [0.25, 0.3) is 0 Å². The number of para-hydroxylation sites is 3. The van der Waals surface area contributed by atoms with E-state index < -0.39 is 29.4 Å². The van der Waals surface area contributed by atoms with Gasteiger partial charge in [-0.1, -0.05) is 30.3 Å². The van der Waals surface area contributed by atoms with Gasteiger partial charge in [0.1, 0.15) is 5.54 Å². The van der Waals surface area contributed by atoms with Crippen LogP contribution in [0.2, 0.25) is 0 Å². The van der Waals surface area contributed by atoms with E-state index in [0.29, 0.717) is 43.0 Å². The third-order valence-electron chi connectivity index (χ3n) is 6.51. The van der Waals surface area contributed by atoms with Gasteiger partial charge in [-0.25, -0.2) is 4.79 Å². The van der Waals surface area contributed by atoms with Crippen LogP contribution in [-0.2, 0) is 19.1 Å². The molecule has 0 bridgehead atoms. The first-order chi connectivity index (χ1) is 16.7. The molecule has 0 aliphatic carbocycles. The first kappa shape index (κ1) is 24.3. The Hall–Kier alpha value is -3.88. The van der Waals surface area contributed by atoms with Crippen molar-refractivity contribution in [3.8, 4) is 0 Å². The van der Waals surface area contributed by atoms with Crippen molar-refractivity contribution in [1.82, 2.24) is 4.90 Å². The van der Waals surface area contributed by atoms with E-state index in [4.69, 9.17) is 4.74 Å². The minimum absolute atomic E-state index is 0.212. The number of urea groups is 1. The SMILES string of the molecule is C[C@H](OC(=O)C1CCN(C(=O)Nc2ccccc2)CC1)C(=O)N1c2ccccc2NC(=O)C1(C)C. The van der Waals surface area contributed by atoms with Crippen LogP contribution in [0.4, 0.5) is 21.9 Å². The van der Waals surface area contributed by atoms with E-state index in [1.807, 2.05) is 30.3 Å². The number of anilines is 3. The molecule has 4 rings (SSSR count). The second-order valence-electron chi connectivity index (χ2n) is 9.34. The van der Waals surface area contributed by atoms with E-state index in [1.165, 1.54) is 11.8 Å². The summed E-state index contributed by atoms with van der Waals surface area (Å²) in [5, 5.41) is 5.66. The molecular formula is C26H30N4O5. The molecule has 2 aliphatic heterocycles. The predicted octanol–water partition coefficient (Wildman–Crippen LogP) is 3.63. The predicted molar refractivity (Wildman–Crippen MR) is 132 cm³/mol. The van der Waals surface area contributed by atoms with Crippen molar-refractivity contribution in [3.05, 3.63) is 54.6 Å². The molecule has 0 aromatic heterocycles. The van der Waals surface area contributed by atoms with E-state index in [-0.39, 0.29) is 11.9 Å². The molecule has 0 radical (unpaired) electrons. The number of likely N-dealkylation sites (tertiary alicyclic amines) is 1. The zero-order valence-electron chi connectivity index (χ0n) is 20.1. The lowest BCUT2D eigenvalue weighted by atomic mass is 9.95. The minimum atomic E-state index is -1.15. The fourth-order valence-electron chi connectivity index (χ4n) is 4.39. The van der Waals surface area contributed by atoms with Crippen molar-refractivity contribution in [3.63, 3.8) is 0 Å². The number of carbonyl (C=O) groups excluding carboxylic acids is 4. The molecule has 2 heterocycles. The minimum Gasteiger partial charge on any atom is -0.452 e. The number of hydrogen-bond acceptors (Lipinski definition) is 5. The monoisotopic (exact) mass is 478 g/mol. The quantitative estimate of drug-likeness (QED) is 0.653. The molecule has 0 saturated carbocycles. The molecule has 2 aliphatic rings. The van der Waals surface area contributed by atoms with Crippen LogP contribution in [0.1, 0.15) is 33.6 Å². The van der Waals surface area contributed by atoms with Gasteiger partial charge in [0.25, 0.3) is 5.91 Å². The molecule has 9 heteroatoms. The highest BCUT2D eigenvalue weighted by atomic mass is 16.5. The summed E-state index contributed by atoms with van der Waals surface area (Å²) in [6.07, 6.45) is -0.176. The lowest BCUT2D eigenvalue weighted by Crippen LogP contribution is -2.60. The topological polar surface area (TPSA) is 108 Å². The zero-order valence-corrected chi connectivity index (χ0v) is 20.1. The third-order valence-corrected chi connectivity index (χ3v) is 6.51. The molecular weight excluding hydrogens is 448 g/mol. The molecule has 1 fully saturated rings. The van der Waals surface area contributed by atoms with Gasteiger partial charge in [-0.15, -0.1) is 0 Å². The van der Waals surface area contributed by atoms with E-state index >= 15 is 0 Å². The smallest absolute Gasteiger partial charge is 0.321 e. The maximum Gasteiger partial charge on any atom is 0.321 e. The number of piperidine rings is 1. The van der Waals surface area contributed by atoms with Crippen molar-refractivity contribution < 1.29 is 23.9 Å². The van der Waals surface area contributed by atoms with Crippen LogP contribution in [0, 0.1) is 5.92 Å². The standard InChI is InChI=1S/C26H30N4O5/c1-17(22(31)30-21-12-8-7-11-20(21)28-24(33)26(30,2)3)35-23(32)18-13-15-29(16-14-18)25(34)27-19-9-5-4-6-10-19/h4-12,17-18H,13-16H2,1-3H3,(H,27,34)(H,28,33)/t17-/m0/s1. The summed E-state index contributed by atoms with van der Waals surface area (Å²) >= 11 is 0. The number of ether oxygens (including phenoxy) is 1. The maximum atomic E-state index is 13.4. The van der Waals surface area contributed by atoms with Gasteiger partial charge < -0.3 is 20.3 Å². The van der Waals surface area contributed by atoms with Gasteiger partial charge in [-0.3, -0.25) is 19.3 Å². The summed E-state index contributed by atoms with van der Waals surface area (Å²) in [7, 11) is 0. The van der Waals surface area contributed by atoms with Gasteiger partial charge in [-0.2, -0.15) is 0 Å². The highest BCUT2D eigenvalue weighted by Gasteiger charge is 2.45. The molecule has 4 amide bonds. The van der Waals surface area contributed by atoms with Gasteiger partial charge in [0, 0.05) is 18.8 Å². The summed E-state index contributed by atoms with van der Waals surface area (Å²) in [4.78, 5) is 54.4. The second kappa shape index (κ2) is 9.77. The number of esters is 1. The van der Waals surface area contributed by atoms with Gasteiger partial charge in [0.05, 0.1) is 17.3 Å². The number of carbonyl (C=O) groups is 4. The van der Waals surface area contributed by atoms with E-state index in [2.05, 4.69) is 10.6 Å². The van der Waals surface area contributed by atoms with Crippen LogP contribution in [0.5, 0.6) is 0 Å². The average Bonchev–Trinajstić information content (AvgIpc) is 2.85. The highest BCUT2D eigenvalue weighted by Crippen LogP contribution is 2.37. The van der Waals surface area contributed by atoms with Crippen LogP contribution in [0.15, 0.2) is 54.6 Å². The molecule has 184 valence electrons. The first-order valence-corrected chi connectivity index (χ1v) is 11.7. The molecule has 35 heavy (non-hydrogen) atoms. The van der Waals surface area contributed by atoms with E-state index in [1.54, 1.807) is 43.0 Å². The van der Waals surface area contributed by atoms with Crippen molar-refractivity contribution in [1.29, 1.82) is 0 Å². The highest BCUT2D eigenvalue weighted by molar-refractivity contribution is 6.15. The number of fused-ring (bicyclic) bond motifs is 1. The van der Waals surface area contributed by atoms with E-state index in [9.17, 15) is 19.2 Å². The van der Waals surface area contributed by atoms with Crippen LogP contribution >= 0.6 is 0 Å². The van der Waals surface area contributed by atoms with Gasteiger partial charge in [0.15, 0.2) is 6.10 Å². The summed E-state index contributed by atoms with van der Waals surface area (Å²) in [6.45, 7) is 5.65. The van der Waals surface area contributed by atoms with Crippen molar-refractivity contribution in [2.24, 2.45) is 5.92 Å². The Labute approximate surface area is 204 Å². The number of rotatable bonds is 4. The van der Waals surface area contributed by atoms with Gasteiger partial charge in [-0.05, 0) is 57.9 Å². The first-order valence-electron chi connectivity index (χ1n) is 11.7. The Morgan fingerprint density at radius 2 is 1.66 bits per heavy atom. The number of nitrogens with one attached hydrogen (secondary N) is 2. The Bertz CT molecular complexity index is 1130. The van der Waals surface area contributed by atoms with Gasteiger partial charge >= 0.3 is 12.0 Å². The van der Waals surface area contributed by atoms with Gasteiger partial charge in [0.2, 0.25) is 5.91 Å². The fourth-order valence-corrected chi connectivity index (χ4v) is 4.39. The Morgan fingerprint density at radius 1 is 1.03 bits per heavy atom. The summed E-state index contributed by atoms with van der Waals surface area (Å²) < 4.78 is 5.56. The molecule has 1 saturated heterocycles. The average molecular weight is 479 g/mol. The summed E-state index contributed by atoms with van der Waals surface area (Å²) in [6, 6.07) is 16.0. The normalized spacial score (nSPS) is 18.2. The Kier molecular flexibility index (Phi) is 6.77.